The van der Waals surface area contributed by atoms with Gasteiger partial charge in [0.2, 0.25) is 0 Å². The van der Waals surface area contributed by atoms with E-state index in [-0.39, 0.29) is 12.6 Å². The first-order valence-corrected chi connectivity index (χ1v) is 4.68. The number of nitrogens with zero attached hydrogens (tertiary/aromatic N) is 1. The number of hydrogen-bond acceptors (Lipinski definition) is 3. The van der Waals surface area contributed by atoms with E-state index in [4.69, 9.17) is 4.74 Å². The lowest BCUT2D eigenvalue weighted by atomic mass is 10.2. The third-order valence-corrected chi connectivity index (χ3v) is 1.99. The summed E-state index contributed by atoms with van der Waals surface area (Å²) in [6.07, 6.45) is 0. The number of esters is 1. The monoisotopic (exact) mass is 205 g/mol. The van der Waals surface area contributed by atoms with Crippen LogP contribution in [0.15, 0.2) is 42.6 Å². The van der Waals surface area contributed by atoms with Crippen molar-refractivity contribution in [3.05, 3.63) is 48.2 Å². The number of carbonyl (C=O) groups excluding carboxylic acids is 1. The summed E-state index contributed by atoms with van der Waals surface area (Å²) >= 11 is 0. The van der Waals surface area contributed by atoms with Crippen molar-refractivity contribution in [1.29, 1.82) is 0 Å². The zero-order valence-corrected chi connectivity index (χ0v) is 9.06. The van der Waals surface area contributed by atoms with Crippen molar-refractivity contribution >= 4 is 5.97 Å². The van der Waals surface area contributed by atoms with Crippen molar-refractivity contribution in [2.75, 3.05) is 14.1 Å². The van der Waals surface area contributed by atoms with Gasteiger partial charge in [0.15, 0.2) is 0 Å². The van der Waals surface area contributed by atoms with Crippen LogP contribution in [0.1, 0.15) is 5.56 Å². The van der Waals surface area contributed by atoms with Crippen LogP contribution in [-0.4, -0.2) is 25.0 Å². The molecule has 0 radical (unpaired) electrons. The summed E-state index contributed by atoms with van der Waals surface area (Å²) in [7, 11) is 3.51. The van der Waals surface area contributed by atoms with E-state index in [1.807, 2.05) is 30.3 Å². The second-order valence-electron chi connectivity index (χ2n) is 3.40. The van der Waals surface area contributed by atoms with Gasteiger partial charge in [-0.3, -0.25) is 0 Å². The predicted octanol–water partition coefficient (Wildman–Crippen LogP) is 1.81. The second-order valence-corrected chi connectivity index (χ2v) is 3.40. The van der Waals surface area contributed by atoms with Gasteiger partial charge >= 0.3 is 5.97 Å². The molecule has 1 aromatic rings. The Morgan fingerprint density at radius 1 is 1.33 bits per heavy atom. The molecule has 0 atom stereocenters. The fourth-order valence-corrected chi connectivity index (χ4v) is 0.989. The van der Waals surface area contributed by atoms with E-state index in [2.05, 4.69) is 6.58 Å². The maximum absolute atomic E-state index is 11.4. The molecule has 0 bridgehead atoms. The molecule has 0 aromatic heterocycles. The molecule has 15 heavy (non-hydrogen) atoms. The van der Waals surface area contributed by atoms with Crippen LogP contribution in [0.3, 0.4) is 0 Å². The summed E-state index contributed by atoms with van der Waals surface area (Å²) < 4.78 is 5.07. The quantitative estimate of drug-likeness (QED) is 0.554. The largest absolute Gasteiger partial charge is 0.456 e. The van der Waals surface area contributed by atoms with Gasteiger partial charge in [0.05, 0.1) is 0 Å². The normalized spacial score (nSPS) is 9.47. The second kappa shape index (κ2) is 5.20. The number of benzene rings is 1. The van der Waals surface area contributed by atoms with Crippen LogP contribution in [0, 0.1) is 0 Å². The Balaban J connectivity index is 2.45. The summed E-state index contributed by atoms with van der Waals surface area (Å²) in [4.78, 5) is 13.0. The summed E-state index contributed by atoms with van der Waals surface area (Å²) in [6.45, 7) is 3.90. The van der Waals surface area contributed by atoms with E-state index in [1.165, 1.54) is 0 Å². The molecule has 0 N–H and O–H groups in total. The van der Waals surface area contributed by atoms with E-state index in [0.29, 0.717) is 5.70 Å². The first kappa shape index (κ1) is 11.3. The predicted molar refractivity (Wildman–Crippen MR) is 59.1 cm³/mol. The summed E-state index contributed by atoms with van der Waals surface area (Å²) in [5.41, 5.74) is 1.32. The SMILES string of the molecule is C=C(C(=O)OCc1ccccc1)N(C)C. The maximum Gasteiger partial charge on any atom is 0.354 e. The van der Waals surface area contributed by atoms with E-state index in [0.717, 1.165) is 5.56 Å². The third-order valence-electron chi connectivity index (χ3n) is 1.99. The molecule has 0 saturated heterocycles. The van der Waals surface area contributed by atoms with E-state index in [1.54, 1.807) is 19.0 Å². The molecule has 1 rings (SSSR count). The summed E-state index contributed by atoms with van der Waals surface area (Å²) in [6, 6.07) is 9.55. The lowest BCUT2D eigenvalue weighted by Gasteiger charge is -2.14. The Hall–Kier alpha value is -1.77. The Morgan fingerprint density at radius 2 is 1.93 bits per heavy atom. The smallest absolute Gasteiger partial charge is 0.354 e. The van der Waals surface area contributed by atoms with Crippen molar-refractivity contribution < 1.29 is 9.53 Å². The molecule has 0 fully saturated rings. The highest BCUT2D eigenvalue weighted by Gasteiger charge is 2.09. The minimum Gasteiger partial charge on any atom is -0.456 e. The average Bonchev–Trinajstić information content (AvgIpc) is 2.26. The zero-order chi connectivity index (χ0) is 11.3. The highest BCUT2D eigenvalue weighted by molar-refractivity contribution is 5.86. The van der Waals surface area contributed by atoms with Crippen molar-refractivity contribution in [2.45, 2.75) is 6.61 Å². The van der Waals surface area contributed by atoms with Crippen LogP contribution >= 0.6 is 0 Å². The van der Waals surface area contributed by atoms with Gasteiger partial charge < -0.3 is 9.64 Å². The molecule has 0 aliphatic rings. The van der Waals surface area contributed by atoms with E-state index < -0.39 is 0 Å². The average molecular weight is 205 g/mol. The Labute approximate surface area is 90.0 Å². The minimum atomic E-state index is -0.385. The fourth-order valence-electron chi connectivity index (χ4n) is 0.989. The molecule has 0 heterocycles. The highest BCUT2D eigenvalue weighted by atomic mass is 16.5. The van der Waals surface area contributed by atoms with E-state index >= 15 is 0 Å². The maximum atomic E-state index is 11.4. The molecule has 0 amide bonds. The van der Waals surface area contributed by atoms with Crippen LogP contribution in [0.4, 0.5) is 0 Å². The van der Waals surface area contributed by atoms with Gasteiger partial charge in [-0.15, -0.1) is 0 Å². The molecule has 80 valence electrons. The number of hydrogen-bond donors (Lipinski definition) is 0. The highest BCUT2D eigenvalue weighted by Crippen LogP contribution is 2.04. The van der Waals surface area contributed by atoms with Crippen molar-refractivity contribution in [2.24, 2.45) is 0 Å². The first-order valence-electron chi connectivity index (χ1n) is 4.68. The van der Waals surface area contributed by atoms with Crippen molar-refractivity contribution in [3.63, 3.8) is 0 Å². The van der Waals surface area contributed by atoms with Gasteiger partial charge in [0.1, 0.15) is 12.3 Å². The van der Waals surface area contributed by atoms with Crippen LogP contribution in [-0.2, 0) is 16.1 Å². The zero-order valence-electron chi connectivity index (χ0n) is 9.06. The molecule has 0 spiro atoms. The van der Waals surface area contributed by atoms with E-state index in [9.17, 15) is 4.79 Å². The van der Waals surface area contributed by atoms with Crippen LogP contribution in [0.25, 0.3) is 0 Å². The molecule has 3 nitrogen and oxygen atoms in total. The number of likely N-dealkylation sites (N-methyl/N-ethyl adjacent to an activating group) is 1. The summed E-state index contributed by atoms with van der Waals surface area (Å²) in [5.74, 6) is -0.385. The van der Waals surface area contributed by atoms with Gasteiger partial charge in [-0.05, 0) is 5.56 Å². The molecule has 0 aliphatic heterocycles. The Morgan fingerprint density at radius 3 is 2.47 bits per heavy atom. The van der Waals surface area contributed by atoms with Gasteiger partial charge in [-0.1, -0.05) is 36.9 Å². The van der Waals surface area contributed by atoms with Gasteiger partial charge in [-0.25, -0.2) is 4.79 Å². The van der Waals surface area contributed by atoms with Crippen LogP contribution < -0.4 is 0 Å². The van der Waals surface area contributed by atoms with Crippen molar-refractivity contribution in [1.82, 2.24) is 4.90 Å². The lowest BCUT2D eigenvalue weighted by molar-refractivity contribution is -0.141. The molecule has 0 unspecified atom stereocenters. The Kier molecular flexibility index (Phi) is 3.92. The topological polar surface area (TPSA) is 29.5 Å². The van der Waals surface area contributed by atoms with Crippen LogP contribution in [0.5, 0.6) is 0 Å². The third kappa shape index (κ3) is 3.46. The molecule has 0 aliphatic carbocycles. The minimum absolute atomic E-state index is 0.284. The van der Waals surface area contributed by atoms with Gasteiger partial charge in [0.25, 0.3) is 0 Å². The van der Waals surface area contributed by atoms with Gasteiger partial charge in [-0.2, -0.15) is 0 Å². The first-order chi connectivity index (χ1) is 7.11. The molecule has 1 aromatic carbocycles. The molecular weight excluding hydrogens is 190 g/mol. The molecule has 3 heteroatoms. The fraction of sp³-hybridized carbons (Fsp3) is 0.250. The number of ether oxygens (including phenoxy) is 1. The molecular formula is C12H15NO2. The molecule has 0 saturated carbocycles. The van der Waals surface area contributed by atoms with Crippen LogP contribution in [0.2, 0.25) is 0 Å². The Bertz CT molecular complexity index is 344. The number of rotatable bonds is 4. The lowest BCUT2D eigenvalue weighted by Crippen LogP contribution is -2.20. The number of carbonyl (C=O) groups is 1. The summed E-state index contributed by atoms with van der Waals surface area (Å²) in [5, 5.41) is 0. The van der Waals surface area contributed by atoms with Gasteiger partial charge in [0, 0.05) is 14.1 Å². The van der Waals surface area contributed by atoms with Crippen molar-refractivity contribution in [3.8, 4) is 0 Å². The standard InChI is InChI=1S/C12H15NO2/c1-10(13(2)3)12(14)15-9-11-7-5-4-6-8-11/h4-8H,1,9H2,2-3H3.